The van der Waals surface area contributed by atoms with Crippen LogP contribution in [0.15, 0.2) is 17.1 Å². The Kier molecular flexibility index (Phi) is 14.9. The molecule has 29 heavy (non-hydrogen) atoms. The van der Waals surface area contributed by atoms with Gasteiger partial charge in [0.2, 0.25) is 0 Å². The van der Waals surface area contributed by atoms with Gasteiger partial charge < -0.3 is 56.6 Å². The van der Waals surface area contributed by atoms with E-state index in [4.69, 9.17) is 54.1 Å². The SMILES string of the molecule is Nc1ccn(C[C@@H]2O[C@H](CO)[C@@H](O)[C@H]2O)c(=O)n1.O=P(O)(O)O.O=P(O)(O)O.[H-].[K+]. The summed E-state index contributed by atoms with van der Waals surface area (Å²) in [6.45, 7) is -0.371. The predicted molar refractivity (Wildman–Crippen MR) is 90.3 cm³/mol. The number of nitrogens with two attached hydrogens (primary N) is 1. The van der Waals surface area contributed by atoms with Crippen LogP contribution in [0.5, 0.6) is 0 Å². The molecule has 0 aliphatic carbocycles. The Hall–Kier alpha value is 0.376. The average Bonchev–Trinajstić information content (AvgIpc) is 2.74. The second-order valence-corrected chi connectivity index (χ2v) is 7.24. The molecule has 1 aliphatic heterocycles. The Balaban J connectivity index is -0.000000514. The number of nitrogens with zero attached hydrogens (tertiary/aromatic N) is 2. The Morgan fingerprint density at radius 3 is 1.83 bits per heavy atom. The van der Waals surface area contributed by atoms with Crippen molar-refractivity contribution in [1.29, 1.82) is 0 Å². The number of nitrogen functional groups attached to an aromatic ring is 1. The van der Waals surface area contributed by atoms with Gasteiger partial charge in [-0.3, -0.25) is 4.57 Å². The van der Waals surface area contributed by atoms with Gasteiger partial charge in [0, 0.05) is 6.20 Å². The zero-order valence-electron chi connectivity index (χ0n) is 15.9. The number of aliphatic hydroxyl groups excluding tert-OH is 3. The maximum atomic E-state index is 11.5. The summed E-state index contributed by atoms with van der Waals surface area (Å²) >= 11 is 0. The zero-order valence-corrected chi connectivity index (χ0v) is 19.8. The van der Waals surface area contributed by atoms with Gasteiger partial charge in [-0.25, -0.2) is 13.9 Å². The molecule has 0 spiro atoms. The molecular weight excluding hydrogens is 471 g/mol. The average molecular weight is 493 g/mol. The normalized spacial score (nSPS) is 23.8. The molecule has 0 amide bonds. The van der Waals surface area contributed by atoms with Crippen LogP contribution in [-0.4, -0.2) is 85.3 Å². The van der Waals surface area contributed by atoms with Crippen LogP contribution in [0.4, 0.5) is 5.82 Å². The minimum absolute atomic E-state index is 0. The van der Waals surface area contributed by atoms with Crippen LogP contribution in [-0.2, 0) is 20.4 Å². The molecule has 0 radical (unpaired) electrons. The third-order valence-corrected chi connectivity index (χ3v) is 2.91. The Morgan fingerprint density at radius 1 is 1.07 bits per heavy atom. The van der Waals surface area contributed by atoms with E-state index in [0.29, 0.717) is 0 Å². The summed E-state index contributed by atoms with van der Waals surface area (Å²) < 4.78 is 24.2. The minimum Gasteiger partial charge on any atom is -1.00 e. The fraction of sp³-hybridized carbons (Fsp3) is 0.600. The first-order chi connectivity index (χ1) is 12.5. The molecule has 0 aromatic carbocycles. The third-order valence-electron chi connectivity index (χ3n) is 2.91. The van der Waals surface area contributed by atoms with E-state index in [1.165, 1.54) is 16.8 Å². The Bertz CT molecular complexity index is 737. The van der Waals surface area contributed by atoms with E-state index < -0.39 is 52.4 Å². The van der Waals surface area contributed by atoms with Crippen LogP contribution in [0.3, 0.4) is 0 Å². The van der Waals surface area contributed by atoms with Crippen molar-refractivity contribution in [3.63, 3.8) is 0 Å². The Labute approximate surface area is 207 Å². The van der Waals surface area contributed by atoms with Crippen LogP contribution >= 0.6 is 15.6 Å². The second kappa shape index (κ2) is 13.7. The molecule has 1 fully saturated rings. The van der Waals surface area contributed by atoms with Crippen molar-refractivity contribution in [3.8, 4) is 0 Å². The van der Waals surface area contributed by atoms with Gasteiger partial charge in [-0.1, -0.05) is 0 Å². The summed E-state index contributed by atoms with van der Waals surface area (Å²) in [7, 11) is -9.28. The van der Waals surface area contributed by atoms with E-state index >= 15 is 0 Å². The largest absolute Gasteiger partial charge is 1.00 e. The number of rotatable bonds is 3. The first-order valence-electron chi connectivity index (χ1n) is 7.05. The fourth-order valence-electron chi connectivity index (χ4n) is 1.90. The Morgan fingerprint density at radius 2 is 1.48 bits per heavy atom. The van der Waals surface area contributed by atoms with E-state index in [1.807, 2.05) is 0 Å². The van der Waals surface area contributed by atoms with Gasteiger partial charge in [0.05, 0.1) is 13.2 Å². The maximum absolute atomic E-state index is 11.5. The van der Waals surface area contributed by atoms with Gasteiger partial charge in [-0.15, -0.1) is 0 Å². The van der Waals surface area contributed by atoms with Crippen molar-refractivity contribution in [2.75, 3.05) is 12.3 Å². The van der Waals surface area contributed by atoms with Crippen molar-refractivity contribution in [2.24, 2.45) is 0 Å². The smallest absolute Gasteiger partial charge is 1.00 e. The van der Waals surface area contributed by atoms with Crippen LogP contribution in [0.25, 0.3) is 0 Å². The molecule has 11 N–H and O–H groups in total. The number of ether oxygens (including phenoxy) is 1. The quantitative estimate of drug-likeness (QED) is 0.138. The van der Waals surface area contributed by atoms with Gasteiger partial charge in [0.1, 0.15) is 30.2 Å². The molecular formula is C10H22KN3O13P2. The summed E-state index contributed by atoms with van der Waals surface area (Å²) in [5, 5.41) is 28.2. The summed E-state index contributed by atoms with van der Waals surface area (Å²) in [4.78, 5) is 58.1. The van der Waals surface area contributed by atoms with Gasteiger partial charge >= 0.3 is 72.7 Å². The first-order valence-corrected chi connectivity index (χ1v) is 10.2. The monoisotopic (exact) mass is 493 g/mol. The van der Waals surface area contributed by atoms with E-state index in [9.17, 15) is 15.0 Å². The van der Waals surface area contributed by atoms with Crippen molar-refractivity contribution in [1.82, 2.24) is 9.55 Å². The number of phosphoric acid groups is 2. The molecule has 1 aromatic heterocycles. The van der Waals surface area contributed by atoms with E-state index in [1.54, 1.807) is 0 Å². The third kappa shape index (κ3) is 15.8. The summed E-state index contributed by atoms with van der Waals surface area (Å²) in [6, 6.07) is 1.45. The van der Waals surface area contributed by atoms with Crippen molar-refractivity contribution < 1.29 is 111 Å². The molecule has 166 valence electrons. The summed E-state index contributed by atoms with van der Waals surface area (Å²) in [5.41, 5.74) is 4.79. The van der Waals surface area contributed by atoms with Crippen molar-refractivity contribution in [2.45, 2.75) is 31.0 Å². The molecule has 1 saturated heterocycles. The first kappa shape index (κ1) is 31.6. The van der Waals surface area contributed by atoms with Crippen LogP contribution in [0, 0.1) is 0 Å². The van der Waals surface area contributed by atoms with Gasteiger partial charge in [-0.05, 0) is 6.07 Å². The standard InChI is InChI=1S/C10H15N3O5.K.2H3O4P.H/c11-7-1-2-13(10(17)12-7)3-5-8(15)9(16)6(4-14)18-5;;2*1-5(2,3)4;/h1-2,5-6,8-9,14-16H,3-4H2,(H2,11,12,17);;2*(H3,1,2,3,4);/q;+1;;;-1/t5-,6+,8-,9+;;;;/m0..../s1. The molecule has 2 rings (SSSR count). The van der Waals surface area contributed by atoms with Crippen molar-refractivity contribution >= 4 is 21.5 Å². The predicted octanol–water partition coefficient (Wildman–Crippen LogP) is -7.43. The number of aliphatic hydroxyl groups is 3. The van der Waals surface area contributed by atoms with E-state index in [2.05, 4.69) is 4.98 Å². The maximum Gasteiger partial charge on any atom is 1.00 e. The molecule has 16 nitrogen and oxygen atoms in total. The second-order valence-electron chi connectivity index (χ2n) is 5.19. The number of hydrogen-bond donors (Lipinski definition) is 10. The van der Waals surface area contributed by atoms with E-state index in [-0.39, 0.29) is 65.2 Å². The molecule has 0 saturated carbocycles. The molecule has 1 aromatic rings. The molecule has 4 atom stereocenters. The van der Waals surface area contributed by atoms with Gasteiger partial charge in [0.15, 0.2) is 0 Å². The van der Waals surface area contributed by atoms with Gasteiger partial charge in [-0.2, -0.15) is 4.98 Å². The topological polar surface area (TPSA) is 286 Å². The zero-order chi connectivity index (χ0) is 22.3. The summed E-state index contributed by atoms with van der Waals surface area (Å²) in [6.07, 6.45) is -2.52. The fourth-order valence-corrected chi connectivity index (χ4v) is 1.90. The minimum atomic E-state index is -4.64. The molecule has 0 unspecified atom stereocenters. The molecule has 19 heteroatoms. The van der Waals surface area contributed by atoms with E-state index in [0.717, 1.165) is 0 Å². The summed E-state index contributed by atoms with van der Waals surface area (Å²) in [5.74, 6) is 0.109. The van der Waals surface area contributed by atoms with Crippen LogP contribution in [0.2, 0.25) is 0 Å². The number of aromatic nitrogens is 2. The molecule has 1 aliphatic rings. The van der Waals surface area contributed by atoms with Crippen LogP contribution < -0.4 is 62.8 Å². The number of anilines is 1. The van der Waals surface area contributed by atoms with Crippen LogP contribution in [0.1, 0.15) is 1.43 Å². The van der Waals surface area contributed by atoms with Gasteiger partial charge in [0.25, 0.3) is 0 Å². The number of hydrogen-bond acceptors (Lipinski definition) is 9. The molecule has 2 heterocycles. The molecule has 0 bridgehead atoms. The van der Waals surface area contributed by atoms with Crippen molar-refractivity contribution in [3.05, 3.63) is 22.7 Å².